The molecule has 5 aromatic rings. The SMILES string of the molecule is CCc1c(F)ccc2cc(O)cc(-c3ncc4c(N5CCCn6nc(C(=O)N7CCNCC7)cc6C5)nc(OCC5(CN(C)C)CC5)nc4c3F)c12. The minimum absolute atomic E-state index is 0.0146. The van der Waals surface area contributed by atoms with Gasteiger partial charge in [0.25, 0.3) is 5.91 Å². The zero-order chi connectivity index (χ0) is 36.1. The predicted octanol–water partition coefficient (Wildman–Crippen LogP) is 4.76. The highest BCUT2D eigenvalue weighted by atomic mass is 19.1. The number of halogens is 2. The predicted molar refractivity (Wildman–Crippen MR) is 194 cm³/mol. The van der Waals surface area contributed by atoms with Crippen molar-refractivity contribution in [3.05, 3.63) is 65.1 Å². The van der Waals surface area contributed by atoms with Gasteiger partial charge in [-0.1, -0.05) is 13.0 Å². The van der Waals surface area contributed by atoms with Gasteiger partial charge in [0.05, 0.1) is 24.2 Å². The van der Waals surface area contributed by atoms with Gasteiger partial charge in [-0.25, -0.2) is 8.78 Å². The second-order valence-electron chi connectivity index (χ2n) is 14.6. The maximum atomic E-state index is 17.1. The van der Waals surface area contributed by atoms with Crippen LogP contribution in [-0.4, -0.2) is 106 Å². The summed E-state index contributed by atoms with van der Waals surface area (Å²) in [5.74, 6) is -0.846. The van der Waals surface area contributed by atoms with Crippen molar-refractivity contribution < 1.29 is 23.4 Å². The number of phenolic OH excluding ortho intramolecular Hbond substituents is 1. The van der Waals surface area contributed by atoms with Gasteiger partial charge in [-0.2, -0.15) is 15.1 Å². The average molecular weight is 712 g/mol. The van der Waals surface area contributed by atoms with E-state index >= 15 is 8.78 Å². The number of pyridine rings is 1. The lowest BCUT2D eigenvalue weighted by molar-refractivity contribution is 0.0729. The monoisotopic (exact) mass is 711 g/mol. The fraction of sp³-hybridized carbons (Fsp3) is 0.447. The smallest absolute Gasteiger partial charge is 0.319 e. The van der Waals surface area contributed by atoms with Crippen LogP contribution < -0.4 is 15.0 Å². The molecule has 52 heavy (non-hydrogen) atoms. The van der Waals surface area contributed by atoms with Crippen molar-refractivity contribution >= 4 is 33.4 Å². The molecule has 0 radical (unpaired) electrons. The molecule has 12 nitrogen and oxygen atoms in total. The highest BCUT2D eigenvalue weighted by molar-refractivity contribution is 6.02. The highest BCUT2D eigenvalue weighted by Crippen LogP contribution is 2.46. The van der Waals surface area contributed by atoms with Crippen LogP contribution in [-0.2, 0) is 19.5 Å². The van der Waals surface area contributed by atoms with Gasteiger partial charge in [-0.05, 0) is 80.4 Å². The Kier molecular flexibility index (Phi) is 8.90. The summed E-state index contributed by atoms with van der Waals surface area (Å²) in [5, 5.41) is 20.1. The molecule has 1 saturated heterocycles. The molecule has 1 amide bonds. The molecule has 0 spiro atoms. The number of fused-ring (bicyclic) bond motifs is 3. The Labute approximate surface area is 300 Å². The van der Waals surface area contributed by atoms with Gasteiger partial charge in [0, 0.05) is 63.0 Å². The van der Waals surface area contributed by atoms with E-state index in [1.807, 2.05) is 41.6 Å². The Morgan fingerprint density at radius 2 is 1.88 bits per heavy atom. The van der Waals surface area contributed by atoms with Crippen LogP contribution in [0.4, 0.5) is 14.6 Å². The summed E-state index contributed by atoms with van der Waals surface area (Å²) in [6, 6.07) is 7.79. The number of carbonyl (C=O) groups is 1. The molecule has 0 atom stereocenters. The number of carbonyl (C=O) groups excluding carboxylic acids is 1. The maximum absolute atomic E-state index is 17.1. The first-order valence-electron chi connectivity index (χ1n) is 18.0. The number of hydrogen-bond donors (Lipinski definition) is 2. The number of piperazine rings is 1. The van der Waals surface area contributed by atoms with Crippen LogP contribution in [0.25, 0.3) is 32.9 Å². The van der Waals surface area contributed by atoms with Crippen molar-refractivity contribution in [3.63, 3.8) is 0 Å². The minimum Gasteiger partial charge on any atom is -0.508 e. The molecule has 8 rings (SSSR count). The molecule has 2 aromatic carbocycles. The van der Waals surface area contributed by atoms with Crippen LogP contribution in [0.15, 0.2) is 36.5 Å². The van der Waals surface area contributed by atoms with E-state index in [0.29, 0.717) is 85.4 Å². The third-order valence-electron chi connectivity index (χ3n) is 10.5. The molecule has 2 aliphatic heterocycles. The van der Waals surface area contributed by atoms with E-state index in [1.165, 1.54) is 18.2 Å². The fourth-order valence-electron chi connectivity index (χ4n) is 7.74. The molecular weight excluding hydrogens is 668 g/mol. The summed E-state index contributed by atoms with van der Waals surface area (Å²) in [7, 11) is 4.06. The summed E-state index contributed by atoms with van der Waals surface area (Å²) >= 11 is 0. The van der Waals surface area contributed by atoms with Gasteiger partial charge < -0.3 is 29.9 Å². The maximum Gasteiger partial charge on any atom is 0.319 e. The third-order valence-corrected chi connectivity index (χ3v) is 10.5. The van der Waals surface area contributed by atoms with Crippen LogP contribution in [0, 0.1) is 17.0 Å². The largest absolute Gasteiger partial charge is 0.508 e. The lowest BCUT2D eigenvalue weighted by Gasteiger charge is -2.26. The van der Waals surface area contributed by atoms with Crippen molar-refractivity contribution in [1.29, 1.82) is 0 Å². The van der Waals surface area contributed by atoms with E-state index in [-0.39, 0.29) is 39.9 Å². The molecule has 2 fully saturated rings. The Balaban J connectivity index is 1.22. The molecule has 3 aliphatic rings. The number of aryl methyl sites for hydroxylation is 2. The van der Waals surface area contributed by atoms with Crippen molar-refractivity contribution in [2.75, 3.05) is 64.9 Å². The second kappa shape index (κ2) is 13.6. The van der Waals surface area contributed by atoms with Crippen molar-refractivity contribution in [2.45, 2.75) is 45.7 Å². The Bertz CT molecular complexity index is 2180. The summed E-state index contributed by atoms with van der Waals surface area (Å²) in [6.07, 6.45) is 4.64. The number of rotatable bonds is 9. The van der Waals surface area contributed by atoms with E-state index in [0.717, 1.165) is 38.2 Å². The molecule has 0 bridgehead atoms. The minimum atomic E-state index is -0.720. The number of nitrogens with zero attached hydrogens (tertiary/aromatic N) is 8. The van der Waals surface area contributed by atoms with Gasteiger partial charge in [-0.15, -0.1) is 0 Å². The number of aromatic hydroxyl groups is 1. The molecule has 0 unspecified atom stereocenters. The van der Waals surface area contributed by atoms with Crippen LogP contribution in [0.3, 0.4) is 0 Å². The number of amides is 1. The number of nitrogens with one attached hydrogen (secondary N) is 1. The van der Waals surface area contributed by atoms with Gasteiger partial charge in [0.2, 0.25) is 0 Å². The molecule has 3 aromatic heterocycles. The van der Waals surface area contributed by atoms with E-state index in [4.69, 9.17) is 9.72 Å². The van der Waals surface area contributed by atoms with Crippen molar-refractivity contribution in [3.8, 4) is 23.0 Å². The van der Waals surface area contributed by atoms with Crippen LogP contribution in [0.2, 0.25) is 0 Å². The first-order chi connectivity index (χ1) is 25.1. The van der Waals surface area contributed by atoms with Gasteiger partial charge in [0.15, 0.2) is 11.5 Å². The number of anilines is 1. The van der Waals surface area contributed by atoms with E-state index in [1.54, 1.807) is 12.3 Å². The van der Waals surface area contributed by atoms with Gasteiger partial charge in [0.1, 0.15) is 28.6 Å². The van der Waals surface area contributed by atoms with Crippen molar-refractivity contribution in [1.82, 2.24) is 39.8 Å². The Morgan fingerprint density at radius 3 is 2.63 bits per heavy atom. The number of benzene rings is 2. The zero-order valence-corrected chi connectivity index (χ0v) is 29.8. The quantitative estimate of drug-likeness (QED) is 0.221. The normalized spacial score (nSPS) is 17.1. The van der Waals surface area contributed by atoms with Gasteiger partial charge in [-0.3, -0.25) is 14.5 Å². The molecule has 2 N–H and O–H groups in total. The van der Waals surface area contributed by atoms with E-state index in [2.05, 4.69) is 25.3 Å². The van der Waals surface area contributed by atoms with Gasteiger partial charge >= 0.3 is 6.01 Å². The Hall–Kier alpha value is -4.95. The zero-order valence-electron chi connectivity index (χ0n) is 29.8. The number of phenols is 1. The molecule has 1 aliphatic carbocycles. The van der Waals surface area contributed by atoms with Crippen LogP contribution in [0.5, 0.6) is 11.8 Å². The molecular formula is C38H43F2N9O3. The summed E-state index contributed by atoms with van der Waals surface area (Å²) in [6.45, 7) is 7.40. The van der Waals surface area contributed by atoms with Crippen molar-refractivity contribution in [2.24, 2.45) is 5.41 Å². The molecule has 5 heterocycles. The molecule has 14 heteroatoms. The van der Waals surface area contributed by atoms with Crippen LogP contribution in [0.1, 0.15) is 47.9 Å². The number of hydrogen-bond acceptors (Lipinski definition) is 10. The third kappa shape index (κ3) is 6.38. The summed E-state index contributed by atoms with van der Waals surface area (Å²) < 4.78 is 40.3. The summed E-state index contributed by atoms with van der Waals surface area (Å²) in [5.41, 5.74) is 1.88. The summed E-state index contributed by atoms with van der Waals surface area (Å²) in [4.78, 5) is 33.4. The lowest BCUT2D eigenvalue weighted by atomic mass is 9.94. The van der Waals surface area contributed by atoms with Crippen LogP contribution >= 0.6 is 0 Å². The lowest BCUT2D eigenvalue weighted by Crippen LogP contribution is -2.46. The first kappa shape index (κ1) is 34.2. The molecule has 272 valence electrons. The average Bonchev–Trinajstić information content (AvgIpc) is 3.83. The second-order valence-corrected chi connectivity index (χ2v) is 14.6. The topological polar surface area (TPSA) is 125 Å². The number of ether oxygens (including phenoxy) is 1. The standard InChI is InChI=1S/C38H43F2N9O3/c1-4-26-29(39)7-6-23-16-25(50)18-27(31(23)26)33-32(40)34-28(19-42-33)35(44-37(43-34)52-22-38(8-9-38)21-46(2)3)48-12-5-13-49-24(20-48)17-30(45-49)36(51)47-14-10-41-11-15-47/h6-7,16-19,41,50H,4-5,8-15,20-22H2,1-3H3. The first-order valence-corrected chi connectivity index (χ1v) is 18.0. The highest BCUT2D eigenvalue weighted by Gasteiger charge is 2.44. The van der Waals surface area contributed by atoms with E-state index < -0.39 is 11.6 Å². The molecule has 1 saturated carbocycles. The fourth-order valence-corrected chi connectivity index (χ4v) is 7.74. The number of aromatic nitrogens is 5. The Morgan fingerprint density at radius 1 is 1.08 bits per heavy atom. The van der Waals surface area contributed by atoms with E-state index in [9.17, 15) is 9.90 Å².